The summed E-state index contributed by atoms with van der Waals surface area (Å²) in [4.78, 5) is 0. The van der Waals surface area contributed by atoms with Gasteiger partial charge in [-0.05, 0) is 24.1 Å². The van der Waals surface area contributed by atoms with E-state index in [0.29, 0.717) is 5.92 Å². The van der Waals surface area contributed by atoms with Crippen LogP contribution in [0.25, 0.3) is 0 Å². The molecule has 80 valence electrons. The summed E-state index contributed by atoms with van der Waals surface area (Å²) in [5.41, 5.74) is 2.81. The van der Waals surface area contributed by atoms with Crippen molar-refractivity contribution in [1.82, 2.24) is 5.32 Å². The number of nitrogens with one attached hydrogen (secondary N) is 1. The first-order valence-electron chi connectivity index (χ1n) is 5.76. The van der Waals surface area contributed by atoms with Crippen LogP contribution >= 0.6 is 0 Å². The third-order valence-electron chi connectivity index (χ3n) is 3.88. The normalized spacial score (nSPS) is 34.3. The molecule has 2 nitrogen and oxygen atoms in total. The monoisotopic (exact) mass is 203 g/mol. The predicted molar refractivity (Wildman–Crippen MR) is 59.6 cm³/mol. The van der Waals surface area contributed by atoms with Gasteiger partial charge < -0.3 is 10.1 Å². The van der Waals surface area contributed by atoms with Crippen molar-refractivity contribution in [3.8, 4) is 0 Å². The van der Waals surface area contributed by atoms with Crippen molar-refractivity contribution in [3.63, 3.8) is 0 Å². The minimum Gasteiger partial charge on any atom is -0.365 e. The summed E-state index contributed by atoms with van der Waals surface area (Å²) in [6.45, 7) is 5.21. The zero-order valence-corrected chi connectivity index (χ0v) is 9.12. The molecular formula is C13H17NO. The lowest BCUT2D eigenvalue weighted by molar-refractivity contribution is -0.0931. The van der Waals surface area contributed by atoms with Gasteiger partial charge in [-0.25, -0.2) is 0 Å². The maximum atomic E-state index is 6.12. The van der Waals surface area contributed by atoms with Gasteiger partial charge in [0.25, 0.3) is 0 Å². The van der Waals surface area contributed by atoms with Crippen LogP contribution < -0.4 is 5.32 Å². The second-order valence-corrected chi connectivity index (χ2v) is 4.69. The molecule has 1 fully saturated rings. The molecule has 2 unspecified atom stereocenters. The van der Waals surface area contributed by atoms with Crippen LogP contribution in [-0.2, 0) is 16.9 Å². The molecule has 1 aromatic carbocycles. The summed E-state index contributed by atoms with van der Waals surface area (Å²) in [5, 5.41) is 3.44. The van der Waals surface area contributed by atoms with Crippen LogP contribution in [0, 0.1) is 5.92 Å². The van der Waals surface area contributed by atoms with Crippen molar-refractivity contribution in [2.75, 3.05) is 13.1 Å². The first-order chi connectivity index (χ1) is 7.33. The van der Waals surface area contributed by atoms with Crippen molar-refractivity contribution in [2.45, 2.75) is 25.6 Å². The third-order valence-corrected chi connectivity index (χ3v) is 3.88. The lowest BCUT2D eigenvalue weighted by atomic mass is 9.77. The van der Waals surface area contributed by atoms with Crippen LogP contribution in [0.1, 0.15) is 24.5 Å². The molecule has 1 saturated heterocycles. The van der Waals surface area contributed by atoms with Gasteiger partial charge in [-0.1, -0.05) is 31.2 Å². The largest absolute Gasteiger partial charge is 0.365 e. The van der Waals surface area contributed by atoms with E-state index in [2.05, 4.69) is 36.5 Å². The maximum Gasteiger partial charge on any atom is 0.0988 e. The van der Waals surface area contributed by atoms with Gasteiger partial charge in [0.2, 0.25) is 0 Å². The van der Waals surface area contributed by atoms with Gasteiger partial charge in [-0.2, -0.15) is 0 Å². The maximum absolute atomic E-state index is 6.12. The predicted octanol–water partition coefficient (Wildman–Crippen LogP) is 2.04. The minimum absolute atomic E-state index is 0.00183. The molecule has 0 amide bonds. The Morgan fingerprint density at radius 3 is 3.13 bits per heavy atom. The van der Waals surface area contributed by atoms with E-state index in [-0.39, 0.29) is 5.60 Å². The number of hydrogen-bond acceptors (Lipinski definition) is 2. The molecule has 1 spiro atoms. The van der Waals surface area contributed by atoms with E-state index in [0.717, 1.165) is 26.1 Å². The lowest BCUT2D eigenvalue weighted by Gasteiger charge is -2.39. The second kappa shape index (κ2) is 3.32. The fourth-order valence-electron chi connectivity index (χ4n) is 2.96. The second-order valence-electron chi connectivity index (χ2n) is 4.69. The Morgan fingerprint density at radius 1 is 1.40 bits per heavy atom. The van der Waals surface area contributed by atoms with Gasteiger partial charge in [0.1, 0.15) is 0 Å². The molecule has 1 aromatic rings. The lowest BCUT2D eigenvalue weighted by Crippen LogP contribution is -2.46. The Labute approximate surface area is 90.6 Å². The molecule has 3 rings (SSSR count). The molecule has 2 aliphatic heterocycles. The Bertz CT molecular complexity index is 373. The van der Waals surface area contributed by atoms with E-state index in [1.165, 1.54) is 11.1 Å². The van der Waals surface area contributed by atoms with E-state index in [1.807, 2.05) is 0 Å². The molecule has 2 heteroatoms. The van der Waals surface area contributed by atoms with Crippen molar-refractivity contribution in [3.05, 3.63) is 35.4 Å². The molecule has 0 aromatic heterocycles. The van der Waals surface area contributed by atoms with Gasteiger partial charge >= 0.3 is 0 Å². The standard InChI is InChI=1S/C13H17NO/c1-10-8-14-7-6-13(10)12-5-3-2-4-11(12)9-15-13/h2-5,10,14H,6-9H2,1H3. The Hall–Kier alpha value is -0.860. The van der Waals surface area contributed by atoms with E-state index in [1.54, 1.807) is 0 Å². The number of hydrogen-bond donors (Lipinski definition) is 1. The van der Waals surface area contributed by atoms with Crippen LogP contribution in [0.15, 0.2) is 24.3 Å². The van der Waals surface area contributed by atoms with Crippen molar-refractivity contribution < 1.29 is 4.74 Å². The third kappa shape index (κ3) is 1.25. The fourth-order valence-corrected chi connectivity index (χ4v) is 2.96. The van der Waals surface area contributed by atoms with Crippen molar-refractivity contribution >= 4 is 0 Å². The average Bonchev–Trinajstić information content (AvgIpc) is 2.64. The smallest absolute Gasteiger partial charge is 0.0988 e. The summed E-state index contributed by atoms with van der Waals surface area (Å²) >= 11 is 0. The van der Waals surface area contributed by atoms with Gasteiger partial charge in [-0.3, -0.25) is 0 Å². The van der Waals surface area contributed by atoms with E-state index < -0.39 is 0 Å². The quantitative estimate of drug-likeness (QED) is 0.696. The van der Waals surface area contributed by atoms with Crippen molar-refractivity contribution in [1.29, 1.82) is 0 Å². The first-order valence-corrected chi connectivity index (χ1v) is 5.76. The van der Waals surface area contributed by atoms with Gasteiger partial charge in [0.15, 0.2) is 0 Å². The van der Waals surface area contributed by atoms with Crippen LogP contribution in [-0.4, -0.2) is 13.1 Å². The molecule has 1 N–H and O–H groups in total. The molecule has 2 atom stereocenters. The Kier molecular flexibility index (Phi) is 2.08. The number of rotatable bonds is 0. The SMILES string of the molecule is CC1CNCCC12OCc1ccccc12. The average molecular weight is 203 g/mol. The highest BCUT2D eigenvalue weighted by molar-refractivity contribution is 5.36. The Balaban J connectivity index is 2.07. The highest BCUT2D eigenvalue weighted by atomic mass is 16.5. The molecule has 2 heterocycles. The molecule has 0 saturated carbocycles. The fraction of sp³-hybridized carbons (Fsp3) is 0.538. The highest BCUT2D eigenvalue weighted by Gasteiger charge is 2.45. The van der Waals surface area contributed by atoms with E-state index >= 15 is 0 Å². The summed E-state index contributed by atoms with van der Waals surface area (Å²) < 4.78 is 6.12. The van der Waals surface area contributed by atoms with Gasteiger partial charge in [-0.15, -0.1) is 0 Å². The molecular weight excluding hydrogens is 186 g/mol. The molecule has 2 aliphatic rings. The number of fused-ring (bicyclic) bond motifs is 2. The minimum atomic E-state index is 0.00183. The number of benzene rings is 1. The highest BCUT2D eigenvalue weighted by Crippen LogP contribution is 2.45. The topological polar surface area (TPSA) is 21.3 Å². The zero-order valence-electron chi connectivity index (χ0n) is 9.12. The summed E-state index contributed by atoms with van der Waals surface area (Å²) in [6.07, 6.45) is 1.10. The van der Waals surface area contributed by atoms with Gasteiger partial charge in [0.05, 0.1) is 12.2 Å². The Morgan fingerprint density at radius 2 is 2.27 bits per heavy atom. The number of ether oxygens (including phenoxy) is 1. The van der Waals surface area contributed by atoms with Gasteiger partial charge in [0, 0.05) is 12.5 Å². The van der Waals surface area contributed by atoms with E-state index in [4.69, 9.17) is 4.74 Å². The molecule has 15 heavy (non-hydrogen) atoms. The molecule has 0 aliphatic carbocycles. The molecule has 0 bridgehead atoms. The number of piperidine rings is 1. The summed E-state index contributed by atoms with van der Waals surface area (Å²) in [5.74, 6) is 0.565. The first kappa shape index (κ1) is 9.37. The zero-order chi connectivity index (χ0) is 10.3. The van der Waals surface area contributed by atoms with Crippen LogP contribution in [0.3, 0.4) is 0 Å². The van der Waals surface area contributed by atoms with Crippen LogP contribution in [0.5, 0.6) is 0 Å². The van der Waals surface area contributed by atoms with Crippen LogP contribution in [0.4, 0.5) is 0 Å². The van der Waals surface area contributed by atoms with Crippen molar-refractivity contribution in [2.24, 2.45) is 5.92 Å². The van der Waals surface area contributed by atoms with Crippen LogP contribution in [0.2, 0.25) is 0 Å². The van der Waals surface area contributed by atoms with E-state index in [9.17, 15) is 0 Å². The summed E-state index contributed by atoms with van der Waals surface area (Å²) in [6, 6.07) is 8.67. The molecule has 0 radical (unpaired) electrons. The summed E-state index contributed by atoms with van der Waals surface area (Å²) in [7, 11) is 0.